The van der Waals surface area contributed by atoms with Crippen molar-refractivity contribution in [2.75, 3.05) is 6.54 Å². The number of rotatable bonds is 6. The van der Waals surface area contributed by atoms with Gasteiger partial charge in [0.05, 0.1) is 5.56 Å². The molecule has 23 heavy (non-hydrogen) atoms. The molecule has 0 radical (unpaired) electrons. The van der Waals surface area contributed by atoms with E-state index in [1.165, 1.54) is 11.3 Å². The van der Waals surface area contributed by atoms with E-state index in [0.29, 0.717) is 12.1 Å². The lowest BCUT2D eigenvalue weighted by atomic mass is 10.1. The summed E-state index contributed by atoms with van der Waals surface area (Å²) in [5.41, 5.74) is 1.38. The van der Waals surface area contributed by atoms with Crippen molar-refractivity contribution in [2.24, 2.45) is 0 Å². The Morgan fingerprint density at radius 2 is 2.04 bits per heavy atom. The van der Waals surface area contributed by atoms with Gasteiger partial charge in [-0.05, 0) is 38.5 Å². The van der Waals surface area contributed by atoms with Crippen LogP contribution in [0.1, 0.15) is 27.7 Å². The van der Waals surface area contributed by atoms with Gasteiger partial charge in [-0.15, -0.1) is 17.9 Å². The largest absolute Gasteiger partial charge is 0.449 e. The number of aromatic nitrogens is 1. The molecule has 2 aromatic heterocycles. The molecule has 122 valence electrons. The lowest BCUT2D eigenvalue weighted by molar-refractivity contribution is -0.128. The van der Waals surface area contributed by atoms with Gasteiger partial charge >= 0.3 is 5.97 Å². The van der Waals surface area contributed by atoms with E-state index >= 15 is 0 Å². The van der Waals surface area contributed by atoms with E-state index in [1.54, 1.807) is 13.0 Å². The second kappa shape index (κ2) is 7.28. The van der Waals surface area contributed by atoms with E-state index in [2.05, 4.69) is 11.9 Å². The van der Waals surface area contributed by atoms with Crippen molar-refractivity contribution < 1.29 is 14.3 Å². The molecule has 2 rings (SSSR count). The molecule has 0 aliphatic rings. The Kier molecular flexibility index (Phi) is 5.39. The Balaban J connectivity index is 2.23. The highest BCUT2D eigenvalue weighted by molar-refractivity contribution is 7.15. The van der Waals surface area contributed by atoms with Crippen LogP contribution in [0.3, 0.4) is 0 Å². The first-order chi connectivity index (χ1) is 11.0. The second-order valence-corrected chi connectivity index (χ2v) is 6.34. The molecule has 0 saturated heterocycles. The van der Waals surface area contributed by atoms with Gasteiger partial charge in [0.2, 0.25) is 0 Å². The number of nitrogens with one attached hydrogen (secondary N) is 1. The summed E-state index contributed by atoms with van der Waals surface area (Å²) >= 11 is 1.52. The quantitative estimate of drug-likeness (QED) is 0.653. The molecule has 5 nitrogen and oxygen atoms in total. The zero-order chi connectivity index (χ0) is 17.0. The van der Waals surface area contributed by atoms with Gasteiger partial charge in [0, 0.05) is 23.8 Å². The second-order valence-electron chi connectivity index (χ2n) is 5.14. The molecule has 0 spiro atoms. The van der Waals surface area contributed by atoms with Gasteiger partial charge in [0.15, 0.2) is 6.10 Å². The van der Waals surface area contributed by atoms with Crippen molar-refractivity contribution in [3.05, 3.63) is 53.2 Å². The summed E-state index contributed by atoms with van der Waals surface area (Å²) in [6.45, 7) is 9.28. The Bertz CT molecular complexity index is 717. The van der Waals surface area contributed by atoms with Crippen LogP contribution in [0.25, 0.3) is 5.00 Å². The highest BCUT2D eigenvalue weighted by Gasteiger charge is 2.25. The predicted molar refractivity (Wildman–Crippen MR) is 91.2 cm³/mol. The first-order valence-electron chi connectivity index (χ1n) is 7.28. The van der Waals surface area contributed by atoms with E-state index < -0.39 is 12.1 Å². The predicted octanol–water partition coefficient (Wildman–Crippen LogP) is 3.00. The van der Waals surface area contributed by atoms with Gasteiger partial charge < -0.3 is 14.6 Å². The van der Waals surface area contributed by atoms with Crippen LogP contribution in [0.4, 0.5) is 0 Å². The van der Waals surface area contributed by atoms with Crippen LogP contribution in [-0.4, -0.2) is 29.1 Å². The maximum absolute atomic E-state index is 12.6. The van der Waals surface area contributed by atoms with Crippen LogP contribution in [-0.2, 0) is 9.53 Å². The summed E-state index contributed by atoms with van der Waals surface area (Å²) in [6.07, 6.45) is 4.46. The molecule has 0 fully saturated rings. The first kappa shape index (κ1) is 17.0. The minimum Gasteiger partial charge on any atom is -0.449 e. The van der Waals surface area contributed by atoms with Crippen LogP contribution >= 0.6 is 11.3 Å². The normalized spacial score (nSPS) is 11.8. The van der Waals surface area contributed by atoms with Crippen LogP contribution in [0, 0.1) is 13.8 Å². The third-order valence-electron chi connectivity index (χ3n) is 3.48. The summed E-state index contributed by atoms with van der Waals surface area (Å²) < 4.78 is 7.21. The van der Waals surface area contributed by atoms with E-state index in [1.807, 2.05) is 42.9 Å². The summed E-state index contributed by atoms with van der Waals surface area (Å²) in [5, 5.41) is 3.41. The average Bonchev–Trinajstić information content (AvgIpc) is 3.13. The van der Waals surface area contributed by atoms with Crippen molar-refractivity contribution in [3.8, 4) is 5.00 Å². The minimum atomic E-state index is -0.862. The molecule has 0 aromatic carbocycles. The van der Waals surface area contributed by atoms with Crippen molar-refractivity contribution in [1.29, 1.82) is 0 Å². The number of nitrogens with zero attached hydrogens (tertiary/aromatic N) is 1. The van der Waals surface area contributed by atoms with Crippen molar-refractivity contribution >= 4 is 23.2 Å². The van der Waals surface area contributed by atoms with Crippen molar-refractivity contribution in [3.63, 3.8) is 0 Å². The number of carbonyl (C=O) groups is 2. The Labute approximate surface area is 139 Å². The zero-order valence-electron chi connectivity index (χ0n) is 13.5. The standard InChI is InChI=1S/C17H20N2O3S/c1-5-8-18-15(20)12(3)22-17(21)14-11(2)13(4)23-16(14)19-9-6-7-10-19/h5-7,9-10,12H,1,8H2,2-4H3,(H,18,20)/t12-/m1/s1. The van der Waals surface area contributed by atoms with Gasteiger partial charge in [0.1, 0.15) is 5.00 Å². The maximum atomic E-state index is 12.6. The Hall–Kier alpha value is -2.34. The molecular weight excluding hydrogens is 312 g/mol. The summed E-state index contributed by atoms with van der Waals surface area (Å²) in [7, 11) is 0. The Morgan fingerprint density at radius 3 is 2.65 bits per heavy atom. The SMILES string of the molecule is C=CCNC(=O)[C@@H](C)OC(=O)c1c(-n2cccc2)sc(C)c1C. The lowest BCUT2D eigenvalue weighted by Crippen LogP contribution is -2.36. The fourth-order valence-corrected chi connectivity index (χ4v) is 3.20. The highest BCUT2D eigenvalue weighted by Crippen LogP contribution is 2.31. The monoisotopic (exact) mass is 332 g/mol. The van der Waals surface area contributed by atoms with Gasteiger partial charge in [-0.1, -0.05) is 6.08 Å². The molecule has 0 unspecified atom stereocenters. The molecule has 0 bridgehead atoms. The van der Waals surface area contributed by atoms with Gasteiger partial charge in [-0.3, -0.25) is 4.79 Å². The van der Waals surface area contributed by atoms with Crippen LogP contribution in [0.15, 0.2) is 37.2 Å². The molecule has 1 atom stereocenters. The first-order valence-corrected chi connectivity index (χ1v) is 8.10. The number of thiophene rings is 1. The van der Waals surface area contributed by atoms with Crippen molar-refractivity contribution in [1.82, 2.24) is 9.88 Å². The van der Waals surface area contributed by atoms with Crippen LogP contribution in [0.2, 0.25) is 0 Å². The van der Waals surface area contributed by atoms with Crippen LogP contribution < -0.4 is 5.32 Å². The highest BCUT2D eigenvalue weighted by atomic mass is 32.1. The average molecular weight is 332 g/mol. The molecule has 0 aliphatic heterocycles. The van der Waals surface area contributed by atoms with Crippen molar-refractivity contribution in [2.45, 2.75) is 26.9 Å². The summed E-state index contributed by atoms with van der Waals surface area (Å²) in [5.74, 6) is -0.831. The summed E-state index contributed by atoms with van der Waals surface area (Å²) in [6, 6.07) is 3.79. The van der Waals surface area contributed by atoms with Gasteiger partial charge in [-0.25, -0.2) is 4.79 Å². The number of ether oxygens (including phenoxy) is 1. The summed E-state index contributed by atoms with van der Waals surface area (Å²) in [4.78, 5) is 25.4. The minimum absolute atomic E-state index is 0.339. The lowest BCUT2D eigenvalue weighted by Gasteiger charge is -2.14. The molecule has 1 amide bonds. The molecular formula is C17H20N2O3S. The van der Waals surface area contributed by atoms with E-state index in [-0.39, 0.29) is 5.91 Å². The van der Waals surface area contributed by atoms with E-state index in [9.17, 15) is 9.59 Å². The Morgan fingerprint density at radius 1 is 1.39 bits per heavy atom. The third-order valence-corrected chi connectivity index (χ3v) is 4.70. The number of amides is 1. The smallest absolute Gasteiger partial charge is 0.342 e. The number of carbonyl (C=O) groups excluding carboxylic acids is 2. The number of aryl methyl sites for hydroxylation is 1. The number of hydrogen-bond donors (Lipinski definition) is 1. The van der Waals surface area contributed by atoms with Gasteiger partial charge in [-0.2, -0.15) is 0 Å². The topological polar surface area (TPSA) is 60.3 Å². The fourth-order valence-electron chi connectivity index (χ4n) is 2.09. The molecule has 2 aromatic rings. The molecule has 0 saturated carbocycles. The van der Waals surface area contributed by atoms with E-state index in [0.717, 1.165) is 15.4 Å². The maximum Gasteiger partial charge on any atom is 0.342 e. The molecule has 6 heteroatoms. The zero-order valence-corrected chi connectivity index (χ0v) is 14.3. The third kappa shape index (κ3) is 3.71. The number of hydrogen-bond acceptors (Lipinski definition) is 4. The van der Waals surface area contributed by atoms with E-state index in [4.69, 9.17) is 4.74 Å². The molecule has 2 heterocycles. The number of esters is 1. The van der Waals surface area contributed by atoms with Gasteiger partial charge in [0.25, 0.3) is 5.91 Å². The molecule has 1 N–H and O–H groups in total. The van der Waals surface area contributed by atoms with Crippen LogP contribution in [0.5, 0.6) is 0 Å². The fraction of sp³-hybridized carbons (Fsp3) is 0.294. The molecule has 0 aliphatic carbocycles.